The third-order valence-corrected chi connectivity index (χ3v) is 7.78. The van der Waals surface area contributed by atoms with Crippen LogP contribution in [0.4, 0.5) is 0 Å². The van der Waals surface area contributed by atoms with E-state index in [2.05, 4.69) is 40.7 Å². The second kappa shape index (κ2) is 8.48. The Bertz CT molecular complexity index is 735. The maximum absolute atomic E-state index is 13.7. The van der Waals surface area contributed by atoms with Crippen molar-refractivity contribution in [1.82, 2.24) is 14.7 Å². The van der Waals surface area contributed by atoms with Gasteiger partial charge in [0, 0.05) is 51.9 Å². The molecule has 1 unspecified atom stereocenters. The highest BCUT2D eigenvalue weighted by molar-refractivity contribution is 5.93. The number of aliphatic hydroxyl groups excluding tert-OH is 1. The maximum atomic E-state index is 13.7. The number of hydrogen-bond acceptors (Lipinski definition) is 5. The van der Waals surface area contributed by atoms with Gasteiger partial charge in [-0.1, -0.05) is 26.0 Å². The van der Waals surface area contributed by atoms with Crippen molar-refractivity contribution in [3.63, 3.8) is 0 Å². The van der Waals surface area contributed by atoms with Gasteiger partial charge in [-0.25, -0.2) is 0 Å². The first kappa shape index (κ1) is 21.6. The van der Waals surface area contributed by atoms with Gasteiger partial charge in [-0.3, -0.25) is 14.6 Å². The molecule has 0 radical (unpaired) electrons. The van der Waals surface area contributed by atoms with Crippen molar-refractivity contribution >= 4 is 5.91 Å². The molecule has 166 valence electrons. The number of aliphatic hydroxyl groups is 1. The largest absolute Gasteiger partial charge is 0.497 e. The lowest BCUT2D eigenvalue weighted by Gasteiger charge is -2.43. The Hall–Kier alpha value is -1.63. The van der Waals surface area contributed by atoms with E-state index in [9.17, 15) is 4.79 Å². The van der Waals surface area contributed by atoms with Crippen molar-refractivity contribution in [2.24, 2.45) is 5.41 Å². The minimum Gasteiger partial charge on any atom is -0.497 e. The number of benzene rings is 1. The predicted molar refractivity (Wildman–Crippen MR) is 118 cm³/mol. The van der Waals surface area contributed by atoms with Crippen molar-refractivity contribution in [3.05, 3.63) is 29.8 Å². The third-order valence-electron chi connectivity index (χ3n) is 7.78. The second-order valence-corrected chi connectivity index (χ2v) is 9.82. The van der Waals surface area contributed by atoms with Crippen LogP contribution in [-0.4, -0.2) is 91.3 Å². The van der Waals surface area contributed by atoms with Crippen LogP contribution in [0.15, 0.2) is 24.3 Å². The van der Waals surface area contributed by atoms with Crippen LogP contribution in [0.3, 0.4) is 0 Å². The van der Waals surface area contributed by atoms with Crippen LogP contribution < -0.4 is 4.74 Å². The molecule has 0 spiro atoms. The van der Waals surface area contributed by atoms with E-state index < -0.39 is 0 Å². The quantitative estimate of drug-likeness (QED) is 0.770. The summed E-state index contributed by atoms with van der Waals surface area (Å²) in [5, 5.41) is 9.13. The first-order chi connectivity index (χ1) is 14.4. The molecule has 2 aliphatic heterocycles. The Kier molecular flexibility index (Phi) is 6.11. The van der Waals surface area contributed by atoms with E-state index in [0.29, 0.717) is 11.9 Å². The summed E-state index contributed by atoms with van der Waals surface area (Å²) in [5.41, 5.74) is 0.737. The molecular weight excluding hydrogens is 378 g/mol. The number of hydrogen-bond donors (Lipinski definition) is 1. The molecule has 3 aliphatic rings. The van der Waals surface area contributed by atoms with Gasteiger partial charge < -0.3 is 14.7 Å². The molecule has 0 bridgehead atoms. The molecule has 1 aromatic carbocycles. The SMILES string of the molecule is COc1ccc(C2(C(=O)N3CCC(N4CCN(CCO)CC4)CC3)CC2(C)C)cc1. The van der Waals surface area contributed by atoms with E-state index >= 15 is 0 Å². The number of methoxy groups -OCH3 is 1. The Morgan fingerprint density at radius 3 is 2.17 bits per heavy atom. The number of piperidine rings is 1. The van der Waals surface area contributed by atoms with Gasteiger partial charge in [-0.15, -0.1) is 0 Å². The van der Waals surface area contributed by atoms with E-state index in [1.165, 1.54) is 0 Å². The van der Waals surface area contributed by atoms with E-state index in [1.54, 1.807) is 7.11 Å². The van der Waals surface area contributed by atoms with Gasteiger partial charge in [0.05, 0.1) is 19.1 Å². The molecular formula is C24H37N3O3. The monoisotopic (exact) mass is 415 g/mol. The summed E-state index contributed by atoms with van der Waals surface area (Å²) in [5.74, 6) is 1.14. The van der Waals surface area contributed by atoms with E-state index in [-0.39, 0.29) is 17.4 Å². The van der Waals surface area contributed by atoms with Crippen LogP contribution in [-0.2, 0) is 10.2 Å². The fourth-order valence-corrected chi connectivity index (χ4v) is 5.67. The molecule has 0 aromatic heterocycles. The van der Waals surface area contributed by atoms with Crippen molar-refractivity contribution in [2.75, 3.05) is 59.5 Å². The lowest BCUT2D eigenvalue weighted by Crippen LogP contribution is -2.55. The predicted octanol–water partition coefficient (Wildman–Crippen LogP) is 1.96. The van der Waals surface area contributed by atoms with Crippen LogP contribution in [0.2, 0.25) is 0 Å². The molecule has 30 heavy (non-hydrogen) atoms. The zero-order chi connectivity index (χ0) is 21.4. The third kappa shape index (κ3) is 3.85. The van der Waals surface area contributed by atoms with Crippen molar-refractivity contribution < 1.29 is 14.6 Å². The van der Waals surface area contributed by atoms with Crippen LogP contribution in [0, 0.1) is 5.41 Å². The van der Waals surface area contributed by atoms with Gasteiger partial charge in [0.1, 0.15) is 5.75 Å². The van der Waals surface area contributed by atoms with Crippen LogP contribution >= 0.6 is 0 Å². The van der Waals surface area contributed by atoms with Gasteiger partial charge in [-0.05, 0) is 42.4 Å². The normalized spacial score (nSPS) is 27.8. The first-order valence-electron chi connectivity index (χ1n) is 11.4. The summed E-state index contributed by atoms with van der Waals surface area (Å²) in [6.45, 7) is 11.4. The lowest BCUT2D eigenvalue weighted by atomic mass is 9.85. The average molecular weight is 416 g/mol. The summed E-state index contributed by atoms with van der Waals surface area (Å²) in [6, 6.07) is 8.67. The molecule has 3 fully saturated rings. The number of piperazine rings is 1. The molecule has 6 nitrogen and oxygen atoms in total. The van der Waals surface area contributed by atoms with Gasteiger partial charge >= 0.3 is 0 Å². The molecule has 6 heteroatoms. The van der Waals surface area contributed by atoms with Crippen LogP contribution in [0.1, 0.15) is 38.7 Å². The van der Waals surface area contributed by atoms with Crippen LogP contribution in [0.25, 0.3) is 0 Å². The Balaban J connectivity index is 1.37. The molecule has 4 rings (SSSR count). The molecule has 1 atom stereocenters. The Morgan fingerprint density at radius 1 is 1.07 bits per heavy atom. The molecule has 2 saturated heterocycles. The van der Waals surface area contributed by atoms with Crippen LogP contribution in [0.5, 0.6) is 5.75 Å². The second-order valence-electron chi connectivity index (χ2n) is 9.82. The molecule has 1 N–H and O–H groups in total. The number of ether oxygens (including phenoxy) is 1. The summed E-state index contributed by atoms with van der Waals surface area (Å²) in [4.78, 5) is 20.8. The van der Waals surface area contributed by atoms with Crippen molar-refractivity contribution in [1.29, 1.82) is 0 Å². The number of rotatable bonds is 6. The summed E-state index contributed by atoms with van der Waals surface area (Å²) in [7, 11) is 1.67. The summed E-state index contributed by atoms with van der Waals surface area (Å²) < 4.78 is 5.31. The number of carbonyl (C=O) groups excluding carboxylic acids is 1. The fraction of sp³-hybridized carbons (Fsp3) is 0.708. The number of nitrogens with zero attached hydrogens (tertiary/aromatic N) is 3. The van der Waals surface area contributed by atoms with E-state index in [4.69, 9.17) is 9.84 Å². The van der Waals surface area contributed by atoms with Gasteiger partial charge in [0.25, 0.3) is 0 Å². The van der Waals surface area contributed by atoms with Gasteiger partial charge in [0.2, 0.25) is 5.91 Å². The lowest BCUT2D eigenvalue weighted by molar-refractivity contribution is -0.136. The van der Waals surface area contributed by atoms with Gasteiger partial charge in [0.15, 0.2) is 0 Å². The van der Waals surface area contributed by atoms with Crippen molar-refractivity contribution in [3.8, 4) is 5.75 Å². The molecule has 2 heterocycles. The zero-order valence-electron chi connectivity index (χ0n) is 18.8. The summed E-state index contributed by atoms with van der Waals surface area (Å²) >= 11 is 0. The smallest absolute Gasteiger partial charge is 0.233 e. The molecule has 1 amide bonds. The standard InChI is InChI=1S/C24H37N3O3/c1-23(2)18-24(23,19-4-6-21(30-3)7-5-19)22(29)27-10-8-20(9-11-27)26-14-12-25(13-15-26)16-17-28/h4-7,20,28H,8-18H2,1-3H3. The number of carbonyl (C=O) groups is 1. The topological polar surface area (TPSA) is 56.2 Å². The summed E-state index contributed by atoms with van der Waals surface area (Å²) in [6.07, 6.45) is 3.04. The minimum atomic E-state index is -0.387. The highest BCUT2D eigenvalue weighted by Gasteiger charge is 2.68. The maximum Gasteiger partial charge on any atom is 0.233 e. The van der Waals surface area contributed by atoms with E-state index in [0.717, 1.165) is 76.4 Å². The molecule has 1 aliphatic carbocycles. The minimum absolute atomic E-state index is 0.00143. The molecule has 1 saturated carbocycles. The van der Waals surface area contributed by atoms with Gasteiger partial charge in [-0.2, -0.15) is 0 Å². The van der Waals surface area contributed by atoms with E-state index in [1.807, 2.05) is 12.1 Å². The van der Waals surface area contributed by atoms with Crippen molar-refractivity contribution in [2.45, 2.75) is 44.6 Å². The zero-order valence-corrected chi connectivity index (χ0v) is 18.8. The first-order valence-corrected chi connectivity index (χ1v) is 11.4. The highest BCUT2D eigenvalue weighted by atomic mass is 16.5. The number of amides is 1. The average Bonchev–Trinajstić information content (AvgIpc) is 3.37. The number of β-amino-alcohol motifs (C(OH)–C–C–N with tert-alkyl or cyclic N) is 1. The Labute approximate surface area is 180 Å². The Morgan fingerprint density at radius 2 is 1.67 bits per heavy atom. The fourth-order valence-electron chi connectivity index (χ4n) is 5.67. The number of likely N-dealkylation sites (tertiary alicyclic amines) is 1. The molecule has 1 aromatic rings. The highest BCUT2D eigenvalue weighted by Crippen LogP contribution is 2.65.